The van der Waals surface area contributed by atoms with Crippen molar-refractivity contribution in [2.24, 2.45) is 10.9 Å². The molecule has 0 saturated carbocycles. The molecule has 0 spiro atoms. The van der Waals surface area contributed by atoms with Crippen LogP contribution in [0.2, 0.25) is 0 Å². The van der Waals surface area contributed by atoms with Gasteiger partial charge in [0, 0.05) is 32.7 Å². The summed E-state index contributed by atoms with van der Waals surface area (Å²) in [5.41, 5.74) is 3.30. The molecule has 5 nitrogen and oxygen atoms in total. The van der Waals surface area contributed by atoms with Gasteiger partial charge in [-0.05, 0) is 49.9 Å². The fraction of sp³-hybridized carbons (Fsp3) is 0.458. The van der Waals surface area contributed by atoms with E-state index in [2.05, 4.69) is 46.8 Å². The van der Waals surface area contributed by atoms with Crippen molar-refractivity contribution < 1.29 is 13.9 Å². The van der Waals surface area contributed by atoms with Crippen molar-refractivity contribution in [3.8, 4) is 5.75 Å². The summed E-state index contributed by atoms with van der Waals surface area (Å²) in [6.45, 7) is 6.41. The Labute approximate surface area is 178 Å². The van der Waals surface area contributed by atoms with Crippen molar-refractivity contribution in [3.05, 3.63) is 65.0 Å². The molecule has 0 aromatic heterocycles. The second kappa shape index (κ2) is 11.0. The van der Waals surface area contributed by atoms with Crippen LogP contribution in [0.25, 0.3) is 0 Å². The van der Waals surface area contributed by atoms with E-state index in [1.807, 2.05) is 13.0 Å². The maximum atomic E-state index is 14.1. The summed E-state index contributed by atoms with van der Waals surface area (Å²) in [6.07, 6.45) is 2.25. The number of aliphatic imine (C=N–C) groups is 1. The Kier molecular flexibility index (Phi) is 8.08. The Morgan fingerprint density at radius 1 is 1.20 bits per heavy atom. The molecular weight excluding hydrogens is 381 g/mol. The van der Waals surface area contributed by atoms with Crippen LogP contribution in [0, 0.1) is 18.7 Å². The van der Waals surface area contributed by atoms with Crippen molar-refractivity contribution in [2.45, 2.75) is 39.3 Å². The molecule has 0 bridgehead atoms. The highest BCUT2D eigenvalue weighted by Gasteiger charge is 2.27. The second-order valence-electron chi connectivity index (χ2n) is 7.61. The first-order valence-electron chi connectivity index (χ1n) is 10.6. The summed E-state index contributed by atoms with van der Waals surface area (Å²) >= 11 is 0. The highest BCUT2D eigenvalue weighted by atomic mass is 19.1. The van der Waals surface area contributed by atoms with Crippen LogP contribution >= 0.6 is 0 Å². The third-order valence-electron chi connectivity index (χ3n) is 5.36. The van der Waals surface area contributed by atoms with Gasteiger partial charge in [-0.1, -0.05) is 35.9 Å². The lowest BCUT2D eigenvalue weighted by molar-refractivity contribution is -0.0265. The molecule has 0 radical (unpaired) electrons. The lowest BCUT2D eigenvalue weighted by Crippen LogP contribution is -2.41. The summed E-state index contributed by atoms with van der Waals surface area (Å²) in [6, 6.07) is 13.6. The fourth-order valence-corrected chi connectivity index (χ4v) is 3.74. The third kappa shape index (κ3) is 5.95. The maximum absolute atomic E-state index is 14.1. The second-order valence-corrected chi connectivity index (χ2v) is 7.61. The number of rotatable bonds is 7. The Morgan fingerprint density at radius 2 is 2.00 bits per heavy atom. The predicted octanol–water partition coefficient (Wildman–Crippen LogP) is 4.37. The summed E-state index contributed by atoms with van der Waals surface area (Å²) in [5.74, 6) is 0.989. The maximum Gasteiger partial charge on any atom is 0.191 e. The fourth-order valence-electron chi connectivity index (χ4n) is 3.74. The van der Waals surface area contributed by atoms with Crippen LogP contribution < -0.4 is 15.4 Å². The SMILES string of the molecule is CCOc1ccc(CNC(=NC)NCC2CCCOC2c2ccc(C)cc2)cc1F. The van der Waals surface area contributed by atoms with Crippen LogP contribution in [0.3, 0.4) is 0 Å². The van der Waals surface area contributed by atoms with E-state index in [1.165, 1.54) is 17.2 Å². The zero-order chi connectivity index (χ0) is 21.3. The van der Waals surface area contributed by atoms with Gasteiger partial charge in [0.05, 0.1) is 12.7 Å². The first-order chi connectivity index (χ1) is 14.6. The van der Waals surface area contributed by atoms with Crippen LogP contribution in [-0.2, 0) is 11.3 Å². The highest BCUT2D eigenvalue weighted by Crippen LogP contribution is 2.33. The molecule has 2 unspecified atom stereocenters. The monoisotopic (exact) mass is 413 g/mol. The molecule has 0 amide bonds. The zero-order valence-electron chi connectivity index (χ0n) is 18.1. The molecule has 1 aliphatic rings. The standard InChI is InChI=1S/C24H32FN3O2/c1-4-29-22-12-9-18(14-21(22)25)15-27-24(26-3)28-16-20-6-5-13-30-23(20)19-10-7-17(2)8-11-19/h7-12,14,20,23H,4-6,13,15-16H2,1-3H3,(H2,26,27,28). The normalized spacial score (nSPS) is 19.4. The van der Waals surface area contributed by atoms with Gasteiger partial charge >= 0.3 is 0 Å². The molecule has 162 valence electrons. The largest absolute Gasteiger partial charge is 0.491 e. The van der Waals surface area contributed by atoms with Gasteiger partial charge in [-0.2, -0.15) is 0 Å². The topological polar surface area (TPSA) is 54.9 Å². The lowest BCUT2D eigenvalue weighted by atomic mass is 9.89. The van der Waals surface area contributed by atoms with Crippen molar-refractivity contribution in [1.29, 1.82) is 0 Å². The Balaban J connectivity index is 1.55. The molecule has 2 N–H and O–H groups in total. The molecule has 3 rings (SSSR count). The van der Waals surface area contributed by atoms with E-state index in [1.54, 1.807) is 13.1 Å². The van der Waals surface area contributed by atoms with Gasteiger partial charge in [0.1, 0.15) is 0 Å². The molecule has 30 heavy (non-hydrogen) atoms. The zero-order valence-corrected chi connectivity index (χ0v) is 18.1. The van der Waals surface area contributed by atoms with Gasteiger partial charge in [-0.25, -0.2) is 4.39 Å². The van der Waals surface area contributed by atoms with E-state index in [0.29, 0.717) is 25.0 Å². The van der Waals surface area contributed by atoms with Crippen molar-refractivity contribution >= 4 is 5.96 Å². The first kappa shape index (κ1) is 22.1. The number of benzene rings is 2. The minimum Gasteiger partial charge on any atom is -0.491 e. The van der Waals surface area contributed by atoms with Gasteiger partial charge in [-0.3, -0.25) is 4.99 Å². The lowest BCUT2D eigenvalue weighted by Gasteiger charge is -2.32. The molecule has 1 heterocycles. The smallest absolute Gasteiger partial charge is 0.191 e. The van der Waals surface area contributed by atoms with E-state index in [9.17, 15) is 4.39 Å². The number of nitrogens with one attached hydrogen (secondary N) is 2. The molecule has 2 aromatic carbocycles. The number of nitrogens with zero attached hydrogens (tertiary/aromatic N) is 1. The minimum atomic E-state index is -0.348. The van der Waals surface area contributed by atoms with Crippen LogP contribution in [0.4, 0.5) is 4.39 Å². The summed E-state index contributed by atoms with van der Waals surface area (Å²) in [7, 11) is 1.74. The minimum absolute atomic E-state index is 0.0881. The molecule has 6 heteroatoms. The van der Waals surface area contributed by atoms with Crippen molar-refractivity contribution in [3.63, 3.8) is 0 Å². The van der Waals surface area contributed by atoms with Crippen molar-refractivity contribution in [2.75, 3.05) is 26.8 Å². The Hall–Kier alpha value is -2.60. The summed E-state index contributed by atoms with van der Waals surface area (Å²) in [4.78, 5) is 4.30. The predicted molar refractivity (Wildman–Crippen MR) is 118 cm³/mol. The van der Waals surface area contributed by atoms with Gasteiger partial charge in [-0.15, -0.1) is 0 Å². The average molecular weight is 414 g/mol. The average Bonchev–Trinajstić information content (AvgIpc) is 2.76. The molecule has 1 fully saturated rings. The van der Waals surface area contributed by atoms with E-state index in [0.717, 1.165) is 31.6 Å². The van der Waals surface area contributed by atoms with Gasteiger partial charge < -0.3 is 20.1 Å². The molecule has 2 atom stereocenters. The quantitative estimate of drug-likeness (QED) is 0.523. The van der Waals surface area contributed by atoms with E-state index < -0.39 is 0 Å². The third-order valence-corrected chi connectivity index (χ3v) is 5.36. The number of guanidine groups is 1. The molecule has 1 saturated heterocycles. The number of ether oxygens (including phenoxy) is 2. The number of hydrogen-bond donors (Lipinski definition) is 2. The molecule has 2 aromatic rings. The van der Waals surface area contributed by atoms with Crippen LogP contribution in [-0.4, -0.2) is 32.8 Å². The van der Waals surface area contributed by atoms with E-state index >= 15 is 0 Å². The van der Waals surface area contributed by atoms with Crippen LogP contribution in [0.1, 0.15) is 42.6 Å². The molecular formula is C24H32FN3O2. The molecule has 0 aliphatic carbocycles. The number of aryl methyl sites for hydroxylation is 1. The summed E-state index contributed by atoms with van der Waals surface area (Å²) in [5, 5.41) is 6.66. The highest BCUT2D eigenvalue weighted by molar-refractivity contribution is 5.79. The number of hydrogen-bond acceptors (Lipinski definition) is 3. The first-order valence-corrected chi connectivity index (χ1v) is 10.6. The Bertz CT molecular complexity index is 839. The van der Waals surface area contributed by atoms with Gasteiger partial charge in [0.15, 0.2) is 17.5 Å². The van der Waals surface area contributed by atoms with Crippen LogP contribution in [0.15, 0.2) is 47.5 Å². The van der Waals surface area contributed by atoms with E-state index in [-0.39, 0.29) is 17.7 Å². The van der Waals surface area contributed by atoms with Gasteiger partial charge in [0.2, 0.25) is 0 Å². The molecule has 1 aliphatic heterocycles. The Morgan fingerprint density at radius 3 is 2.70 bits per heavy atom. The van der Waals surface area contributed by atoms with Crippen LogP contribution in [0.5, 0.6) is 5.75 Å². The summed E-state index contributed by atoms with van der Waals surface area (Å²) < 4.78 is 25.4. The van der Waals surface area contributed by atoms with Crippen molar-refractivity contribution in [1.82, 2.24) is 10.6 Å². The number of halogens is 1. The van der Waals surface area contributed by atoms with Gasteiger partial charge in [0.25, 0.3) is 0 Å². The van der Waals surface area contributed by atoms with E-state index in [4.69, 9.17) is 9.47 Å².